The summed E-state index contributed by atoms with van der Waals surface area (Å²) in [4.78, 5) is 27.7. The molecule has 2 saturated carbocycles. The second kappa shape index (κ2) is 9.23. The Morgan fingerprint density at radius 3 is 2.81 bits per heavy atom. The molecule has 3 fully saturated rings. The van der Waals surface area contributed by atoms with E-state index in [0.717, 1.165) is 55.7 Å². The van der Waals surface area contributed by atoms with Gasteiger partial charge in [-0.05, 0) is 52.6 Å². The zero-order valence-corrected chi connectivity index (χ0v) is 21.3. The van der Waals surface area contributed by atoms with Crippen molar-refractivity contribution in [2.45, 2.75) is 88.6 Å². The number of likely N-dealkylation sites (N-methyl/N-ethyl adjacent to an activating group) is 1. The summed E-state index contributed by atoms with van der Waals surface area (Å²) >= 11 is 0. The quantitative estimate of drug-likeness (QED) is 0.672. The van der Waals surface area contributed by atoms with Gasteiger partial charge < -0.3 is 19.9 Å². The van der Waals surface area contributed by atoms with E-state index < -0.39 is 17.6 Å². The monoisotopic (exact) mass is 501 g/mol. The fraction of sp³-hybridized carbons (Fsp3) is 0.741. The van der Waals surface area contributed by atoms with Crippen LogP contribution in [0, 0.1) is 18.8 Å². The van der Waals surface area contributed by atoms with Gasteiger partial charge >= 0.3 is 0 Å². The minimum absolute atomic E-state index is 0.0222. The molecule has 0 radical (unpaired) electrons. The Labute approximate surface area is 211 Å². The second-order valence-corrected chi connectivity index (χ2v) is 11.6. The Balaban J connectivity index is 1.33. The van der Waals surface area contributed by atoms with Gasteiger partial charge in [0.1, 0.15) is 41.4 Å². The number of alkyl halides is 1. The van der Waals surface area contributed by atoms with E-state index in [1.54, 1.807) is 0 Å². The largest absolute Gasteiger partial charge is 0.494 e. The third kappa shape index (κ3) is 3.89. The molecule has 2 aliphatic carbocycles. The molecule has 0 aromatic carbocycles. The van der Waals surface area contributed by atoms with Crippen molar-refractivity contribution >= 4 is 11.7 Å². The molecule has 7 nitrogen and oxygen atoms in total. The molecule has 0 bridgehead atoms. The molecular formula is C27H37F2N5O2. The van der Waals surface area contributed by atoms with Crippen molar-refractivity contribution in [1.82, 2.24) is 19.8 Å². The van der Waals surface area contributed by atoms with Crippen LogP contribution in [0.1, 0.15) is 68.4 Å². The average Bonchev–Trinajstić information content (AvgIpc) is 3.45. The maximum Gasteiger partial charge on any atom is 0.236 e. The lowest BCUT2D eigenvalue weighted by Crippen LogP contribution is -2.58. The Morgan fingerprint density at radius 2 is 2.03 bits per heavy atom. The van der Waals surface area contributed by atoms with Crippen LogP contribution in [0.5, 0.6) is 0 Å². The highest BCUT2D eigenvalue weighted by Crippen LogP contribution is 2.45. The first-order chi connectivity index (χ1) is 17.4. The number of hydrogen-bond donors (Lipinski definition) is 1. The highest BCUT2D eigenvalue weighted by atomic mass is 19.1. The van der Waals surface area contributed by atoms with Crippen LogP contribution in [0.4, 0.5) is 14.6 Å². The van der Waals surface area contributed by atoms with Gasteiger partial charge in [0.05, 0.1) is 24.2 Å². The molecule has 196 valence electrons. The SMILES string of the molecule is Cc1nc(NCC2CCCC3C(F)=COC23)c2c(n1)C1(CCN(C)C1)C(=O)N(C1CCCCC1F)C2. The third-order valence-electron chi connectivity index (χ3n) is 9.25. The fourth-order valence-corrected chi connectivity index (χ4v) is 7.39. The minimum atomic E-state index is -0.996. The van der Waals surface area contributed by atoms with E-state index in [-0.39, 0.29) is 29.7 Å². The summed E-state index contributed by atoms with van der Waals surface area (Å²) < 4.78 is 35.0. The molecule has 6 rings (SSSR count). The number of hydrogen-bond acceptors (Lipinski definition) is 6. The first-order valence-corrected chi connectivity index (χ1v) is 13.6. The minimum Gasteiger partial charge on any atom is -0.494 e. The third-order valence-corrected chi connectivity index (χ3v) is 9.25. The van der Waals surface area contributed by atoms with Crippen LogP contribution in [-0.4, -0.2) is 70.7 Å². The number of fused-ring (bicyclic) bond motifs is 3. The van der Waals surface area contributed by atoms with Crippen molar-refractivity contribution < 1.29 is 18.3 Å². The van der Waals surface area contributed by atoms with Gasteiger partial charge in [0.25, 0.3) is 0 Å². The lowest BCUT2D eigenvalue weighted by molar-refractivity contribution is -0.144. The zero-order valence-electron chi connectivity index (χ0n) is 21.3. The normalized spacial score (nSPS) is 36.4. The van der Waals surface area contributed by atoms with Crippen molar-refractivity contribution in [3.8, 4) is 0 Å². The Kier molecular flexibility index (Phi) is 6.17. The first-order valence-electron chi connectivity index (χ1n) is 13.6. The number of halogens is 2. The lowest BCUT2D eigenvalue weighted by atomic mass is 9.75. The molecule has 1 saturated heterocycles. The summed E-state index contributed by atoms with van der Waals surface area (Å²) in [6.07, 6.45) is 6.61. The molecule has 4 heterocycles. The Bertz CT molecular complexity index is 1070. The molecule has 5 aliphatic rings. The van der Waals surface area contributed by atoms with Crippen LogP contribution in [0.2, 0.25) is 0 Å². The van der Waals surface area contributed by atoms with Crippen molar-refractivity contribution in [3.05, 3.63) is 29.2 Å². The first kappa shape index (κ1) is 24.1. The molecule has 9 heteroatoms. The average molecular weight is 502 g/mol. The van der Waals surface area contributed by atoms with Crippen LogP contribution in [-0.2, 0) is 21.5 Å². The highest BCUT2D eigenvalue weighted by Gasteiger charge is 2.55. The number of aromatic nitrogens is 2. The molecule has 1 aromatic rings. The molecule has 3 aliphatic heterocycles. The van der Waals surface area contributed by atoms with Crippen LogP contribution < -0.4 is 5.32 Å². The molecular weight excluding hydrogens is 464 g/mol. The van der Waals surface area contributed by atoms with Crippen LogP contribution in [0.3, 0.4) is 0 Å². The Morgan fingerprint density at radius 1 is 1.19 bits per heavy atom. The predicted molar refractivity (Wildman–Crippen MR) is 132 cm³/mol. The van der Waals surface area contributed by atoms with Crippen LogP contribution >= 0.6 is 0 Å². The number of anilines is 1. The summed E-state index contributed by atoms with van der Waals surface area (Å²) in [5, 5.41) is 3.56. The van der Waals surface area contributed by atoms with Crippen molar-refractivity contribution in [2.75, 3.05) is 32.0 Å². The number of ether oxygens (including phenoxy) is 1. The summed E-state index contributed by atoms with van der Waals surface area (Å²) in [5.74, 6) is 1.25. The molecule has 6 atom stereocenters. The van der Waals surface area contributed by atoms with Crippen molar-refractivity contribution in [1.29, 1.82) is 0 Å². The molecule has 1 N–H and O–H groups in total. The standard InChI is InChI=1S/C27H37F2N5O2/c1-16-31-24-19(25(32-16)30-12-17-6-5-7-18-21(29)14-36-23(17)18)13-34(22-9-4-3-8-20(22)28)26(35)27(24)10-11-33(2)15-27/h14,17-18,20,22-23H,3-13,15H2,1-2H3,(H,30,31,32). The number of aryl methyl sites for hydroxylation is 1. The van der Waals surface area contributed by atoms with Gasteiger partial charge in [-0.2, -0.15) is 0 Å². The van der Waals surface area contributed by atoms with Gasteiger partial charge in [-0.1, -0.05) is 19.3 Å². The van der Waals surface area contributed by atoms with E-state index in [1.807, 2.05) is 18.9 Å². The predicted octanol–water partition coefficient (Wildman–Crippen LogP) is 4.02. The van der Waals surface area contributed by atoms with Gasteiger partial charge in [-0.15, -0.1) is 0 Å². The number of likely N-dealkylation sites (tertiary alicyclic amines) is 1. The van der Waals surface area contributed by atoms with Crippen LogP contribution in [0.25, 0.3) is 0 Å². The van der Waals surface area contributed by atoms with Gasteiger partial charge in [-0.3, -0.25) is 4.79 Å². The number of carbonyl (C=O) groups excluding carboxylic acids is 1. The molecule has 1 aromatic heterocycles. The van der Waals surface area contributed by atoms with E-state index in [2.05, 4.69) is 10.2 Å². The number of nitrogens with zero attached hydrogens (tertiary/aromatic N) is 4. The molecule has 1 spiro atoms. The van der Waals surface area contributed by atoms with E-state index in [4.69, 9.17) is 14.7 Å². The van der Waals surface area contributed by atoms with Gasteiger partial charge in [-0.25, -0.2) is 18.7 Å². The number of nitrogens with one attached hydrogen (secondary N) is 1. The number of amides is 1. The Hall–Kier alpha value is -2.29. The fourth-order valence-electron chi connectivity index (χ4n) is 7.39. The summed E-state index contributed by atoms with van der Waals surface area (Å²) in [6.45, 7) is 4.19. The van der Waals surface area contributed by atoms with Crippen LogP contribution in [0.15, 0.2) is 12.1 Å². The van der Waals surface area contributed by atoms with E-state index in [9.17, 15) is 9.18 Å². The van der Waals surface area contributed by atoms with E-state index in [1.165, 1.54) is 6.26 Å². The molecule has 36 heavy (non-hydrogen) atoms. The van der Waals surface area contributed by atoms with Crippen molar-refractivity contribution in [2.24, 2.45) is 11.8 Å². The lowest BCUT2D eigenvalue weighted by Gasteiger charge is -2.46. The van der Waals surface area contributed by atoms with Crippen molar-refractivity contribution in [3.63, 3.8) is 0 Å². The number of carbonyl (C=O) groups is 1. The van der Waals surface area contributed by atoms with E-state index >= 15 is 4.39 Å². The smallest absolute Gasteiger partial charge is 0.236 e. The topological polar surface area (TPSA) is 70.6 Å². The summed E-state index contributed by atoms with van der Waals surface area (Å²) in [5.41, 5.74) is 0.958. The highest BCUT2D eigenvalue weighted by molar-refractivity contribution is 5.91. The van der Waals surface area contributed by atoms with Gasteiger partial charge in [0, 0.05) is 24.6 Å². The summed E-state index contributed by atoms with van der Waals surface area (Å²) in [7, 11) is 2.03. The van der Waals surface area contributed by atoms with E-state index in [0.29, 0.717) is 44.7 Å². The number of rotatable bonds is 4. The second-order valence-electron chi connectivity index (χ2n) is 11.6. The maximum absolute atomic E-state index is 15.1. The summed E-state index contributed by atoms with van der Waals surface area (Å²) in [6, 6.07) is -0.392. The van der Waals surface area contributed by atoms with Gasteiger partial charge in [0.15, 0.2) is 0 Å². The maximum atomic E-state index is 15.1. The van der Waals surface area contributed by atoms with Gasteiger partial charge in [0.2, 0.25) is 5.91 Å². The molecule has 1 amide bonds. The molecule has 6 unspecified atom stereocenters. The zero-order chi connectivity index (χ0) is 25.0.